The van der Waals surface area contributed by atoms with Gasteiger partial charge in [0.15, 0.2) is 0 Å². The first kappa shape index (κ1) is 13.6. The molecule has 21 heavy (non-hydrogen) atoms. The fraction of sp³-hybridized carbons (Fsp3) is 0.222. The molecule has 0 unspecified atom stereocenters. The lowest BCUT2D eigenvalue weighted by molar-refractivity contribution is 0.363. The largest absolute Gasteiger partial charge is 0.338 e. The van der Waals surface area contributed by atoms with Gasteiger partial charge < -0.3 is 4.52 Å². The van der Waals surface area contributed by atoms with Gasteiger partial charge in [-0.3, -0.25) is 0 Å². The fourth-order valence-electron chi connectivity index (χ4n) is 2.52. The van der Waals surface area contributed by atoms with Crippen LogP contribution in [0.5, 0.6) is 0 Å². The van der Waals surface area contributed by atoms with E-state index in [9.17, 15) is 0 Å². The molecule has 2 aromatic carbocycles. The SMILES string of the molecule is CC[C@@H](c1ccccc1)c1nc(-c2cccc(C)c2)no1. The van der Waals surface area contributed by atoms with E-state index in [0.717, 1.165) is 12.0 Å². The van der Waals surface area contributed by atoms with Crippen LogP contribution in [0.3, 0.4) is 0 Å². The molecule has 1 atom stereocenters. The third-order valence-electron chi connectivity index (χ3n) is 3.63. The van der Waals surface area contributed by atoms with Crippen molar-refractivity contribution in [2.45, 2.75) is 26.2 Å². The smallest absolute Gasteiger partial charge is 0.234 e. The van der Waals surface area contributed by atoms with Crippen molar-refractivity contribution >= 4 is 0 Å². The molecule has 106 valence electrons. The molecule has 0 fully saturated rings. The van der Waals surface area contributed by atoms with Crippen LogP contribution in [0, 0.1) is 6.92 Å². The zero-order valence-electron chi connectivity index (χ0n) is 12.3. The van der Waals surface area contributed by atoms with Crippen molar-refractivity contribution in [1.29, 1.82) is 0 Å². The Labute approximate surface area is 124 Å². The van der Waals surface area contributed by atoms with Crippen LogP contribution in [0.4, 0.5) is 0 Å². The Kier molecular flexibility index (Phi) is 3.82. The third-order valence-corrected chi connectivity index (χ3v) is 3.63. The molecule has 1 aromatic heterocycles. The number of hydrogen-bond donors (Lipinski definition) is 0. The van der Waals surface area contributed by atoms with Crippen molar-refractivity contribution in [2.75, 3.05) is 0 Å². The first-order valence-corrected chi connectivity index (χ1v) is 7.23. The molecular weight excluding hydrogens is 260 g/mol. The predicted molar refractivity (Wildman–Crippen MR) is 83.0 cm³/mol. The predicted octanol–water partition coefficient (Wildman–Crippen LogP) is 4.59. The van der Waals surface area contributed by atoms with Gasteiger partial charge in [-0.05, 0) is 25.0 Å². The van der Waals surface area contributed by atoms with Crippen molar-refractivity contribution in [3.63, 3.8) is 0 Å². The summed E-state index contributed by atoms with van der Waals surface area (Å²) in [6.07, 6.45) is 0.930. The van der Waals surface area contributed by atoms with E-state index in [1.54, 1.807) is 0 Å². The Balaban J connectivity index is 1.94. The molecule has 0 aliphatic rings. The van der Waals surface area contributed by atoms with Crippen molar-refractivity contribution in [3.05, 3.63) is 71.6 Å². The molecule has 0 spiro atoms. The van der Waals surface area contributed by atoms with Crippen LogP contribution in [0.2, 0.25) is 0 Å². The second-order valence-corrected chi connectivity index (χ2v) is 5.20. The minimum Gasteiger partial charge on any atom is -0.338 e. The zero-order chi connectivity index (χ0) is 14.7. The van der Waals surface area contributed by atoms with E-state index in [1.165, 1.54) is 11.1 Å². The van der Waals surface area contributed by atoms with Crippen LogP contribution >= 0.6 is 0 Å². The molecule has 3 rings (SSSR count). The monoisotopic (exact) mass is 278 g/mol. The van der Waals surface area contributed by atoms with Crippen LogP contribution in [-0.2, 0) is 0 Å². The highest BCUT2D eigenvalue weighted by Crippen LogP contribution is 2.28. The van der Waals surface area contributed by atoms with Gasteiger partial charge >= 0.3 is 0 Å². The summed E-state index contributed by atoms with van der Waals surface area (Å²) in [6, 6.07) is 18.4. The lowest BCUT2D eigenvalue weighted by Crippen LogP contribution is -1.99. The van der Waals surface area contributed by atoms with E-state index in [4.69, 9.17) is 4.52 Å². The summed E-state index contributed by atoms with van der Waals surface area (Å²) >= 11 is 0. The molecule has 0 aliphatic heterocycles. The average molecular weight is 278 g/mol. The zero-order valence-corrected chi connectivity index (χ0v) is 12.3. The number of aryl methyl sites for hydroxylation is 1. The molecule has 1 heterocycles. The first-order chi connectivity index (χ1) is 10.3. The summed E-state index contributed by atoms with van der Waals surface area (Å²) in [7, 11) is 0. The maximum atomic E-state index is 5.51. The Bertz CT molecular complexity index is 719. The van der Waals surface area contributed by atoms with Crippen LogP contribution in [0.25, 0.3) is 11.4 Å². The minimum absolute atomic E-state index is 0.150. The molecule has 0 saturated carbocycles. The van der Waals surface area contributed by atoms with E-state index >= 15 is 0 Å². The molecular formula is C18H18N2O. The normalized spacial score (nSPS) is 12.3. The summed E-state index contributed by atoms with van der Waals surface area (Å²) in [5, 5.41) is 4.14. The van der Waals surface area contributed by atoms with Crippen LogP contribution in [0.15, 0.2) is 59.1 Å². The fourth-order valence-corrected chi connectivity index (χ4v) is 2.52. The lowest BCUT2D eigenvalue weighted by Gasteiger charge is -2.09. The van der Waals surface area contributed by atoms with Gasteiger partial charge in [0, 0.05) is 5.56 Å². The van der Waals surface area contributed by atoms with Crippen molar-refractivity contribution in [2.24, 2.45) is 0 Å². The highest BCUT2D eigenvalue weighted by molar-refractivity contribution is 5.55. The Hall–Kier alpha value is -2.42. The summed E-state index contributed by atoms with van der Waals surface area (Å²) in [6.45, 7) is 4.19. The molecule has 3 aromatic rings. The van der Waals surface area contributed by atoms with Crippen molar-refractivity contribution < 1.29 is 4.52 Å². The van der Waals surface area contributed by atoms with Crippen LogP contribution in [-0.4, -0.2) is 10.1 Å². The maximum absolute atomic E-state index is 5.51. The van der Waals surface area contributed by atoms with Gasteiger partial charge in [0.1, 0.15) is 0 Å². The summed E-state index contributed by atoms with van der Waals surface area (Å²) in [5.74, 6) is 1.49. The summed E-state index contributed by atoms with van der Waals surface area (Å²) in [5.41, 5.74) is 3.39. The number of rotatable bonds is 4. The maximum Gasteiger partial charge on any atom is 0.234 e. The van der Waals surface area contributed by atoms with Crippen LogP contribution < -0.4 is 0 Å². The second-order valence-electron chi connectivity index (χ2n) is 5.20. The third kappa shape index (κ3) is 2.87. The molecule has 0 aliphatic carbocycles. The molecule has 3 nitrogen and oxygen atoms in total. The molecule has 3 heteroatoms. The molecule has 0 bridgehead atoms. The molecule has 0 N–H and O–H groups in total. The van der Waals surface area contributed by atoms with Gasteiger partial charge in [-0.1, -0.05) is 66.2 Å². The topological polar surface area (TPSA) is 38.9 Å². The quantitative estimate of drug-likeness (QED) is 0.700. The minimum atomic E-state index is 0.150. The first-order valence-electron chi connectivity index (χ1n) is 7.23. The van der Waals surface area contributed by atoms with Crippen molar-refractivity contribution in [1.82, 2.24) is 10.1 Å². The standard InChI is InChI=1S/C18H18N2O/c1-3-16(14-9-5-4-6-10-14)18-19-17(20-21-18)15-11-7-8-13(2)12-15/h4-12,16H,3H2,1-2H3/t16-/m0/s1. The molecule has 0 amide bonds. The van der Waals surface area contributed by atoms with E-state index in [1.807, 2.05) is 30.3 Å². The number of aromatic nitrogens is 2. The van der Waals surface area contributed by atoms with E-state index < -0.39 is 0 Å². The van der Waals surface area contributed by atoms with Gasteiger partial charge in [0.2, 0.25) is 11.7 Å². The van der Waals surface area contributed by atoms with Gasteiger partial charge in [0.25, 0.3) is 0 Å². The van der Waals surface area contributed by atoms with Gasteiger partial charge in [-0.15, -0.1) is 0 Å². The lowest BCUT2D eigenvalue weighted by atomic mass is 9.96. The van der Waals surface area contributed by atoms with Crippen LogP contribution in [0.1, 0.15) is 36.3 Å². The number of benzene rings is 2. The Morgan fingerprint density at radius 1 is 1.05 bits per heavy atom. The molecule has 0 saturated heterocycles. The van der Waals surface area contributed by atoms with Gasteiger partial charge in [-0.25, -0.2) is 0 Å². The van der Waals surface area contributed by atoms with Crippen molar-refractivity contribution in [3.8, 4) is 11.4 Å². The van der Waals surface area contributed by atoms with E-state index in [-0.39, 0.29) is 5.92 Å². The van der Waals surface area contributed by atoms with E-state index in [0.29, 0.717) is 11.7 Å². The Morgan fingerprint density at radius 2 is 1.86 bits per heavy atom. The Morgan fingerprint density at radius 3 is 2.57 bits per heavy atom. The second kappa shape index (κ2) is 5.92. The summed E-state index contributed by atoms with van der Waals surface area (Å²) < 4.78 is 5.51. The van der Waals surface area contributed by atoms with Gasteiger partial charge in [-0.2, -0.15) is 4.98 Å². The average Bonchev–Trinajstić information content (AvgIpc) is 2.99. The number of nitrogens with zero attached hydrogens (tertiary/aromatic N) is 2. The highest BCUT2D eigenvalue weighted by Gasteiger charge is 2.19. The van der Waals surface area contributed by atoms with E-state index in [2.05, 4.69) is 48.3 Å². The molecule has 0 radical (unpaired) electrons. The summed E-state index contributed by atoms with van der Waals surface area (Å²) in [4.78, 5) is 4.59. The number of hydrogen-bond acceptors (Lipinski definition) is 3. The highest BCUT2D eigenvalue weighted by atomic mass is 16.5. The van der Waals surface area contributed by atoms with Gasteiger partial charge in [0.05, 0.1) is 5.92 Å².